The van der Waals surface area contributed by atoms with Gasteiger partial charge in [0.05, 0.1) is 31.1 Å². The van der Waals surface area contributed by atoms with Crippen LogP contribution in [0.25, 0.3) is 11.3 Å². The SMILES string of the molecule is CC(C)=CCO[C@H]1CCOC[C@H]1NC(=O)c1cc(-c2ccccc2F)n[nH]1. The molecule has 1 aliphatic heterocycles. The highest BCUT2D eigenvalue weighted by Gasteiger charge is 2.28. The average Bonchev–Trinajstić information content (AvgIpc) is 3.13. The molecule has 2 atom stereocenters. The van der Waals surface area contributed by atoms with E-state index >= 15 is 0 Å². The fourth-order valence-electron chi connectivity index (χ4n) is 2.88. The fourth-order valence-corrected chi connectivity index (χ4v) is 2.88. The highest BCUT2D eigenvalue weighted by Crippen LogP contribution is 2.21. The van der Waals surface area contributed by atoms with Gasteiger partial charge in [-0.25, -0.2) is 4.39 Å². The van der Waals surface area contributed by atoms with E-state index in [9.17, 15) is 9.18 Å². The number of hydrogen-bond acceptors (Lipinski definition) is 4. The molecule has 2 heterocycles. The predicted octanol–water partition coefficient (Wildman–Crippen LogP) is 3.09. The number of carbonyl (C=O) groups is 1. The molecule has 0 spiro atoms. The fraction of sp³-hybridized carbons (Fsp3) is 0.400. The second-order valence-corrected chi connectivity index (χ2v) is 6.74. The molecule has 1 aliphatic rings. The minimum absolute atomic E-state index is 0.118. The molecule has 1 fully saturated rings. The lowest BCUT2D eigenvalue weighted by molar-refractivity contribution is -0.0457. The van der Waals surface area contributed by atoms with Gasteiger partial charge in [-0.15, -0.1) is 0 Å². The highest BCUT2D eigenvalue weighted by atomic mass is 19.1. The topological polar surface area (TPSA) is 76.2 Å². The summed E-state index contributed by atoms with van der Waals surface area (Å²) in [5, 5.41) is 9.66. The maximum absolute atomic E-state index is 13.9. The smallest absolute Gasteiger partial charge is 0.269 e. The van der Waals surface area contributed by atoms with E-state index in [1.54, 1.807) is 18.2 Å². The van der Waals surface area contributed by atoms with E-state index in [-0.39, 0.29) is 29.6 Å². The molecule has 0 aliphatic carbocycles. The maximum Gasteiger partial charge on any atom is 0.269 e. The second-order valence-electron chi connectivity index (χ2n) is 6.74. The monoisotopic (exact) mass is 373 g/mol. The molecule has 0 saturated carbocycles. The molecule has 2 aromatic rings. The molecule has 1 amide bonds. The van der Waals surface area contributed by atoms with Gasteiger partial charge in [0.2, 0.25) is 0 Å². The number of H-pyrrole nitrogens is 1. The Morgan fingerprint density at radius 2 is 2.26 bits per heavy atom. The van der Waals surface area contributed by atoms with Crippen molar-refractivity contribution < 1.29 is 18.7 Å². The summed E-state index contributed by atoms with van der Waals surface area (Å²) in [4.78, 5) is 12.6. The number of carbonyl (C=O) groups excluding carboxylic acids is 1. The minimum Gasteiger partial charge on any atom is -0.379 e. The summed E-state index contributed by atoms with van der Waals surface area (Å²) in [5.41, 5.74) is 2.17. The van der Waals surface area contributed by atoms with Crippen LogP contribution in [0, 0.1) is 5.82 Å². The first kappa shape index (κ1) is 19.3. The largest absolute Gasteiger partial charge is 0.379 e. The lowest BCUT2D eigenvalue weighted by atomic mass is 10.1. The zero-order valence-corrected chi connectivity index (χ0v) is 15.5. The summed E-state index contributed by atoms with van der Waals surface area (Å²) in [6.07, 6.45) is 2.60. The molecule has 144 valence electrons. The van der Waals surface area contributed by atoms with E-state index < -0.39 is 0 Å². The Kier molecular flexibility index (Phi) is 6.36. The molecule has 1 saturated heterocycles. The van der Waals surface area contributed by atoms with Crippen LogP contribution < -0.4 is 5.32 Å². The van der Waals surface area contributed by atoms with Crippen LogP contribution in [0.4, 0.5) is 4.39 Å². The number of halogens is 1. The molecule has 1 aromatic carbocycles. The van der Waals surface area contributed by atoms with Crippen LogP contribution in [0.3, 0.4) is 0 Å². The normalized spacial score (nSPS) is 19.5. The van der Waals surface area contributed by atoms with Crippen molar-refractivity contribution in [1.29, 1.82) is 0 Å². The molecular formula is C20H24FN3O3. The number of aromatic amines is 1. The van der Waals surface area contributed by atoms with Crippen LogP contribution in [-0.2, 0) is 9.47 Å². The van der Waals surface area contributed by atoms with Crippen molar-refractivity contribution in [2.75, 3.05) is 19.8 Å². The molecule has 0 unspecified atom stereocenters. The Labute approximate surface area is 157 Å². The highest BCUT2D eigenvalue weighted by molar-refractivity contribution is 5.93. The van der Waals surface area contributed by atoms with Gasteiger partial charge < -0.3 is 14.8 Å². The molecule has 0 bridgehead atoms. The van der Waals surface area contributed by atoms with Gasteiger partial charge in [0.15, 0.2) is 0 Å². The maximum atomic E-state index is 13.9. The van der Waals surface area contributed by atoms with E-state index in [0.29, 0.717) is 37.5 Å². The first-order valence-electron chi connectivity index (χ1n) is 8.98. The molecule has 3 rings (SSSR count). The van der Waals surface area contributed by atoms with E-state index in [4.69, 9.17) is 9.47 Å². The molecule has 27 heavy (non-hydrogen) atoms. The van der Waals surface area contributed by atoms with Gasteiger partial charge in [-0.3, -0.25) is 9.89 Å². The molecular weight excluding hydrogens is 349 g/mol. The molecule has 0 radical (unpaired) electrons. The van der Waals surface area contributed by atoms with Gasteiger partial charge in [-0.2, -0.15) is 5.10 Å². The second kappa shape index (κ2) is 8.92. The summed E-state index contributed by atoms with van der Waals surface area (Å²) in [6.45, 7) is 5.52. The van der Waals surface area contributed by atoms with Crippen LogP contribution in [0.2, 0.25) is 0 Å². The van der Waals surface area contributed by atoms with Gasteiger partial charge in [0, 0.05) is 12.2 Å². The van der Waals surface area contributed by atoms with Crippen molar-refractivity contribution in [2.24, 2.45) is 0 Å². The number of aromatic nitrogens is 2. The van der Waals surface area contributed by atoms with Crippen molar-refractivity contribution >= 4 is 5.91 Å². The van der Waals surface area contributed by atoms with Crippen LogP contribution in [-0.4, -0.2) is 48.1 Å². The molecule has 6 nitrogen and oxygen atoms in total. The Morgan fingerprint density at radius 3 is 3.04 bits per heavy atom. The Morgan fingerprint density at radius 1 is 1.44 bits per heavy atom. The van der Waals surface area contributed by atoms with E-state index in [1.807, 2.05) is 19.9 Å². The van der Waals surface area contributed by atoms with Crippen molar-refractivity contribution in [3.8, 4) is 11.3 Å². The number of ether oxygens (including phenoxy) is 2. The van der Waals surface area contributed by atoms with Gasteiger partial charge in [0.1, 0.15) is 11.5 Å². The summed E-state index contributed by atoms with van der Waals surface area (Å²) >= 11 is 0. The van der Waals surface area contributed by atoms with E-state index in [0.717, 1.165) is 0 Å². The average molecular weight is 373 g/mol. The Bertz CT molecular complexity index is 814. The lowest BCUT2D eigenvalue weighted by Crippen LogP contribution is -2.50. The Balaban J connectivity index is 1.65. The third-order valence-corrected chi connectivity index (χ3v) is 4.38. The zero-order chi connectivity index (χ0) is 19.2. The predicted molar refractivity (Wildman–Crippen MR) is 99.8 cm³/mol. The number of rotatable bonds is 6. The van der Waals surface area contributed by atoms with Crippen molar-refractivity contribution in [2.45, 2.75) is 32.4 Å². The lowest BCUT2D eigenvalue weighted by Gasteiger charge is -2.31. The van der Waals surface area contributed by atoms with Crippen LogP contribution >= 0.6 is 0 Å². The first-order chi connectivity index (χ1) is 13.0. The number of allylic oxidation sites excluding steroid dienone is 1. The van der Waals surface area contributed by atoms with Gasteiger partial charge >= 0.3 is 0 Å². The summed E-state index contributed by atoms with van der Waals surface area (Å²) in [6, 6.07) is 7.60. The van der Waals surface area contributed by atoms with Crippen LogP contribution in [0.1, 0.15) is 30.8 Å². The van der Waals surface area contributed by atoms with Crippen molar-refractivity contribution in [3.05, 3.63) is 53.5 Å². The number of nitrogens with one attached hydrogen (secondary N) is 2. The van der Waals surface area contributed by atoms with E-state index in [1.165, 1.54) is 17.7 Å². The third-order valence-electron chi connectivity index (χ3n) is 4.38. The standard InChI is InChI=1S/C20H24FN3O3/c1-13(2)7-10-27-19-8-9-26-12-18(19)22-20(25)17-11-16(23-24-17)14-5-3-4-6-15(14)21/h3-7,11,18-19H,8-10,12H2,1-2H3,(H,22,25)(H,23,24)/t18-,19+/m1/s1. The first-order valence-corrected chi connectivity index (χ1v) is 8.98. The zero-order valence-electron chi connectivity index (χ0n) is 15.5. The third kappa shape index (κ3) is 5.02. The summed E-state index contributed by atoms with van der Waals surface area (Å²) in [7, 11) is 0. The summed E-state index contributed by atoms with van der Waals surface area (Å²) < 4.78 is 25.3. The number of nitrogens with zero attached hydrogens (tertiary/aromatic N) is 1. The number of benzene rings is 1. The Hall–Kier alpha value is -2.51. The van der Waals surface area contributed by atoms with Gasteiger partial charge in [-0.05, 0) is 38.5 Å². The molecule has 2 N–H and O–H groups in total. The van der Waals surface area contributed by atoms with Crippen LogP contribution in [0.5, 0.6) is 0 Å². The minimum atomic E-state index is -0.385. The van der Waals surface area contributed by atoms with Gasteiger partial charge in [-0.1, -0.05) is 23.8 Å². The molecule has 7 heteroatoms. The van der Waals surface area contributed by atoms with Crippen molar-refractivity contribution in [3.63, 3.8) is 0 Å². The number of hydrogen-bond donors (Lipinski definition) is 2. The van der Waals surface area contributed by atoms with E-state index in [2.05, 4.69) is 15.5 Å². The van der Waals surface area contributed by atoms with Gasteiger partial charge in [0.25, 0.3) is 5.91 Å². The molecule has 1 aromatic heterocycles. The van der Waals surface area contributed by atoms with Crippen molar-refractivity contribution in [1.82, 2.24) is 15.5 Å². The number of amides is 1. The summed E-state index contributed by atoms with van der Waals surface area (Å²) in [5.74, 6) is -0.708. The quantitative estimate of drug-likeness (QED) is 0.763. The van der Waals surface area contributed by atoms with Crippen LogP contribution in [0.15, 0.2) is 42.0 Å².